The van der Waals surface area contributed by atoms with Gasteiger partial charge in [-0.15, -0.1) is 0 Å². The molecule has 24 heavy (non-hydrogen) atoms. The minimum atomic E-state index is -3.56. The second kappa shape index (κ2) is 6.15. The minimum Gasteiger partial charge on any atom is -0.383 e. The average Bonchev–Trinajstić information content (AvgIpc) is 3.15. The Morgan fingerprint density at radius 2 is 1.71 bits per heavy atom. The Bertz CT molecular complexity index is 834. The van der Waals surface area contributed by atoms with Crippen LogP contribution in [-0.4, -0.2) is 32.9 Å². The monoisotopic (exact) mass is 365 g/mol. The molecule has 6 heteroatoms. The Morgan fingerprint density at radius 1 is 1.12 bits per heavy atom. The summed E-state index contributed by atoms with van der Waals surface area (Å²) in [5, 5.41) is -0.111. The van der Waals surface area contributed by atoms with Gasteiger partial charge in [0.05, 0.1) is 22.3 Å². The maximum absolute atomic E-state index is 13.1. The first-order valence-corrected chi connectivity index (χ1v) is 9.57. The van der Waals surface area contributed by atoms with Crippen LogP contribution in [0.2, 0.25) is 5.02 Å². The van der Waals surface area contributed by atoms with Crippen LogP contribution in [0, 0.1) is 6.92 Å². The summed E-state index contributed by atoms with van der Waals surface area (Å²) < 4.78 is 31.4. The van der Waals surface area contributed by atoms with Gasteiger partial charge in [0.25, 0.3) is 0 Å². The molecule has 0 bridgehead atoms. The molecule has 1 fully saturated rings. The first-order chi connectivity index (χ1) is 11.3. The standard InChI is InChI=1S/C18H20ClNO3S/c1-12-3-9-15(10-4-12)24(21,22)17-16(18(17,20)11-23-2)13-5-7-14(19)8-6-13/h3-10,16-17H,11,20H2,1-2H3/t16-,17+,18+/m1/s1. The van der Waals surface area contributed by atoms with Gasteiger partial charge in [0, 0.05) is 18.1 Å². The third-order valence-electron chi connectivity index (χ3n) is 4.61. The van der Waals surface area contributed by atoms with E-state index in [9.17, 15) is 8.42 Å². The Balaban J connectivity index is 2.01. The van der Waals surface area contributed by atoms with Crippen LogP contribution in [0.5, 0.6) is 0 Å². The van der Waals surface area contributed by atoms with Crippen molar-refractivity contribution in [1.29, 1.82) is 0 Å². The van der Waals surface area contributed by atoms with Gasteiger partial charge >= 0.3 is 0 Å². The van der Waals surface area contributed by atoms with Crippen LogP contribution in [0.4, 0.5) is 0 Å². The van der Waals surface area contributed by atoms with Crippen molar-refractivity contribution in [2.45, 2.75) is 28.5 Å². The molecule has 0 spiro atoms. The third-order valence-corrected chi connectivity index (χ3v) is 7.17. The van der Waals surface area contributed by atoms with Gasteiger partial charge < -0.3 is 10.5 Å². The van der Waals surface area contributed by atoms with E-state index in [2.05, 4.69) is 0 Å². The molecule has 0 saturated heterocycles. The molecule has 0 aromatic heterocycles. The molecule has 0 unspecified atom stereocenters. The lowest BCUT2D eigenvalue weighted by Gasteiger charge is -2.11. The summed E-state index contributed by atoms with van der Waals surface area (Å²) in [6, 6.07) is 14.0. The smallest absolute Gasteiger partial charge is 0.183 e. The summed E-state index contributed by atoms with van der Waals surface area (Å²) in [6.45, 7) is 2.10. The predicted octanol–water partition coefficient (Wildman–Crippen LogP) is 2.93. The van der Waals surface area contributed by atoms with Gasteiger partial charge in [-0.2, -0.15) is 0 Å². The van der Waals surface area contributed by atoms with Gasteiger partial charge in [-0.25, -0.2) is 8.42 Å². The quantitative estimate of drug-likeness (QED) is 0.884. The summed E-state index contributed by atoms with van der Waals surface area (Å²) in [5.74, 6) is -0.319. The Morgan fingerprint density at radius 3 is 2.25 bits per heavy atom. The Kier molecular flexibility index (Phi) is 4.47. The predicted molar refractivity (Wildman–Crippen MR) is 95.1 cm³/mol. The highest BCUT2D eigenvalue weighted by Crippen LogP contribution is 2.55. The van der Waals surface area contributed by atoms with Gasteiger partial charge in [0.2, 0.25) is 0 Å². The molecule has 1 aliphatic carbocycles. The molecule has 0 aliphatic heterocycles. The van der Waals surface area contributed by atoms with Gasteiger partial charge in [-0.1, -0.05) is 41.4 Å². The van der Waals surface area contributed by atoms with Crippen LogP contribution >= 0.6 is 11.6 Å². The first kappa shape index (κ1) is 17.4. The van der Waals surface area contributed by atoms with Crippen LogP contribution < -0.4 is 5.73 Å². The van der Waals surface area contributed by atoms with Crippen molar-refractivity contribution in [3.63, 3.8) is 0 Å². The van der Waals surface area contributed by atoms with Crippen molar-refractivity contribution < 1.29 is 13.2 Å². The van der Waals surface area contributed by atoms with E-state index >= 15 is 0 Å². The van der Waals surface area contributed by atoms with Crippen molar-refractivity contribution in [3.05, 3.63) is 64.7 Å². The van der Waals surface area contributed by atoms with E-state index in [-0.39, 0.29) is 12.5 Å². The van der Waals surface area contributed by atoms with Gasteiger partial charge in [0.15, 0.2) is 9.84 Å². The molecule has 2 aromatic rings. The number of sulfone groups is 1. The summed E-state index contributed by atoms with van der Waals surface area (Å²) in [4.78, 5) is 0.292. The van der Waals surface area contributed by atoms with Crippen molar-refractivity contribution in [2.24, 2.45) is 5.73 Å². The average molecular weight is 366 g/mol. The summed E-state index contributed by atoms with van der Waals surface area (Å²) in [5.41, 5.74) is 7.36. The molecule has 0 amide bonds. The molecular weight excluding hydrogens is 346 g/mol. The van der Waals surface area contributed by atoms with E-state index in [0.29, 0.717) is 9.92 Å². The second-order valence-electron chi connectivity index (χ2n) is 6.35. The number of methoxy groups -OCH3 is 1. The van der Waals surface area contributed by atoms with Crippen LogP contribution in [0.15, 0.2) is 53.4 Å². The number of hydrogen-bond acceptors (Lipinski definition) is 4. The van der Waals surface area contributed by atoms with Gasteiger partial charge in [0.1, 0.15) is 0 Å². The van der Waals surface area contributed by atoms with Crippen LogP contribution in [0.25, 0.3) is 0 Å². The number of aryl methyl sites for hydroxylation is 1. The highest BCUT2D eigenvalue weighted by molar-refractivity contribution is 7.92. The number of rotatable bonds is 5. The fourth-order valence-corrected chi connectivity index (χ4v) is 5.76. The normalized spacial score (nSPS) is 26.3. The minimum absolute atomic E-state index is 0.177. The topological polar surface area (TPSA) is 69.4 Å². The van der Waals surface area contributed by atoms with E-state index < -0.39 is 20.6 Å². The van der Waals surface area contributed by atoms with Gasteiger partial charge in [-0.05, 0) is 36.8 Å². The maximum atomic E-state index is 13.1. The van der Waals surface area contributed by atoms with E-state index in [1.165, 1.54) is 7.11 Å². The molecule has 2 aromatic carbocycles. The largest absolute Gasteiger partial charge is 0.383 e. The van der Waals surface area contributed by atoms with Crippen LogP contribution in [0.3, 0.4) is 0 Å². The molecule has 3 rings (SSSR count). The summed E-state index contributed by atoms with van der Waals surface area (Å²) in [6.07, 6.45) is 0. The zero-order valence-corrected chi connectivity index (χ0v) is 15.1. The fraction of sp³-hybridized carbons (Fsp3) is 0.333. The number of ether oxygens (including phenoxy) is 1. The van der Waals surface area contributed by atoms with E-state index in [1.807, 2.05) is 19.1 Å². The molecule has 0 radical (unpaired) electrons. The van der Waals surface area contributed by atoms with Crippen molar-refractivity contribution in [1.82, 2.24) is 0 Å². The lowest BCUT2D eigenvalue weighted by molar-refractivity contribution is 0.171. The number of nitrogens with two attached hydrogens (primary N) is 1. The van der Waals surface area contributed by atoms with E-state index in [1.54, 1.807) is 36.4 Å². The first-order valence-electron chi connectivity index (χ1n) is 7.64. The number of benzene rings is 2. The van der Waals surface area contributed by atoms with Crippen LogP contribution in [-0.2, 0) is 14.6 Å². The molecule has 0 heterocycles. The van der Waals surface area contributed by atoms with E-state index in [0.717, 1.165) is 11.1 Å². The Hall–Kier alpha value is -1.40. The summed E-state index contributed by atoms with van der Waals surface area (Å²) >= 11 is 5.93. The van der Waals surface area contributed by atoms with Crippen molar-refractivity contribution >= 4 is 21.4 Å². The van der Waals surface area contributed by atoms with Crippen LogP contribution in [0.1, 0.15) is 17.0 Å². The fourth-order valence-electron chi connectivity index (χ4n) is 3.34. The zero-order valence-electron chi connectivity index (χ0n) is 13.6. The molecule has 128 valence electrons. The molecular formula is C18H20ClNO3S. The number of hydrogen-bond donors (Lipinski definition) is 1. The zero-order chi connectivity index (χ0) is 17.5. The Labute approximate surface area is 147 Å². The van der Waals surface area contributed by atoms with Gasteiger partial charge in [-0.3, -0.25) is 0 Å². The molecule has 3 atom stereocenters. The number of halogens is 1. The lowest BCUT2D eigenvalue weighted by Crippen LogP contribution is -2.35. The summed E-state index contributed by atoms with van der Waals surface area (Å²) in [7, 11) is -2.03. The SMILES string of the molecule is COC[C@]1(N)[C@H](c2ccc(Cl)cc2)[C@@H]1S(=O)(=O)c1ccc(C)cc1. The maximum Gasteiger partial charge on any atom is 0.183 e. The highest BCUT2D eigenvalue weighted by atomic mass is 35.5. The van der Waals surface area contributed by atoms with E-state index in [4.69, 9.17) is 22.1 Å². The highest BCUT2D eigenvalue weighted by Gasteiger charge is 2.69. The molecule has 1 aliphatic rings. The molecule has 4 nitrogen and oxygen atoms in total. The molecule has 2 N–H and O–H groups in total. The van der Waals surface area contributed by atoms with Crippen molar-refractivity contribution in [3.8, 4) is 0 Å². The molecule has 1 saturated carbocycles. The third kappa shape index (κ3) is 2.86. The second-order valence-corrected chi connectivity index (χ2v) is 8.86. The lowest BCUT2D eigenvalue weighted by atomic mass is 10.1. The van der Waals surface area contributed by atoms with Crippen molar-refractivity contribution in [2.75, 3.05) is 13.7 Å².